The number of carboxylic acid groups (broad SMARTS) is 1. The lowest BCUT2D eigenvalue weighted by Gasteiger charge is -2.20. The van der Waals surface area contributed by atoms with Crippen molar-refractivity contribution in [3.8, 4) is 5.75 Å². The molecular formula is C23H25N2O5-. The molecule has 0 saturated carbocycles. The Morgan fingerprint density at radius 2 is 1.73 bits per heavy atom. The number of benzene rings is 2. The summed E-state index contributed by atoms with van der Waals surface area (Å²) in [4.78, 5) is 36.8. The number of rotatable bonds is 10. The van der Waals surface area contributed by atoms with Crippen molar-refractivity contribution in [3.63, 3.8) is 0 Å². The minimum atomic E-state index is -1.36. The lowest BCUT2D eigenvalue weighted by molar-refractivity contribution is -0.308. The van der Waals surface area contributed by atoms with Crippen molar-refractivity contribution in [1.82, 2.24) is 10.6 Å². The molecule has 0 bridgehead atoms. The van der Waals surface area contributed by atoms with Gasteiger partial charge in [0.15, 0.2) is 0 Å². The topological polar surface area (TPSA) is 108 Å². The first-order valence-corrected chi connectivity index (χ1v) is 9.68. The molecular weight excluding hydrogens is 384 g/mol. The molecule has 0 aliphatic rings. The summed E-state index contributed by atoms with van der Waals surface area (Å²) in [6.45, 7) is 1.92. The zero-order valence-electron chi connectivity index (χ0n) is 17.0. The SMILES string of the molecule is CCCC[C@H](NC(=O)/C(=C/c1ccccc1)NC(=O)c1ccc(OC)cc1)C(=O)[O-]. The van der Waals surface area contributed by atoms with Gasteiger partial charge in [-0.05, 0) is 42.3 Å². The van der Waals surface area contributed by atoms with Gasteiger partial charge >= 0.3 is 0 Å². The van der Waals surface area contributed by atoms with Crippen LogP contribution in [0.25, 0.3) is 6.08 Å². The molecule has 0 unspecified atom stereocenters. The third-order valence-corrected chi connectivity index (χ3v) is 4.39. The molecule has 2 amide bonds. The van der Waals surface area contributed by atoms with Crippen LogP contribution in [0.3, 0.4) is 0 Å². The molecule has 158 valence electrons. The fourth-order valence-electron chi connectivity index (χ4n) is 2.70. The van der Waals surface area contributed by atoms with E-state index in [1.165, 1.54) is 13.2 Å². The molecule has 0 spiro atoms. The summed E-state index contributed by atoms with van der Waals surface area (Å²) < 4.78 is 5.08. The number of carbonyl (C=O) groups excluding carboxylic acids is 3. The van der Waals surface area contributed by atoms with Gasteiger partial charge in [-0.1, -0.05) is 50.1 Å². The van der Waals surface area contributed by atoms with E-state index in [1.807, 2.05) is 13.0 Å². The van der Waals surface area contributed by atoms with Gasteiger partial charge in [-0.2, -0.15) is 0 Å². The van der Waals surface area contributed by atoms with E-state index < -0.39 is 23.8 Å². The zero-order chi connectivity index (χ0) is 21.9. The first-order chi connectivity index (χ1) is 14.4. The number of hydrogen-bond donors (Lipinski definition) is 2. The van der Waals surface area contributed by atoms with Crippen LogP contribution in [-0.4, -0.2) is 30.9 Å². The summed E-state index contributed by atoms with van der Waals surface area (Å²) >= 11 is 0. The van der Waals surface area contributed by atoms with Crippen molar-refractivity contribution in [2.24, 2.45) is 0 Å². The van der Waals surface area contributed by atoms with Crippen molar-refractivity contribution in [3.05, 3.63) is 71.4 Å². The average Bonchev–Trinajstić information content (AvgIpc) is 2.76. The van der Waals surface area contributed by atoms with E-state index in [1.54, 1.807) is 48.5 Å². The molecule has 2 rings (SSSR count). The highest BCUT2D eigenvalue weighted by Gasteiger charge is 2.19. The van der Waals surface area contributed by atoms with Crippen LogP contribution in [0.15, 0.2) is 60.3 Å². The van der Waals surface area contributed by atoms with Crippen LogP contribution in [0.1, 0.15) is 42.1 Å². The van der Waals surface area contributed by atoms with Crippen molar-refractivity contribution < 1.29 is 24.2 Å². The van der Waals surface area contributed by atoms with Gasteiger partial charge in [0.05, 0.1) is 19.1 Å². The van der Waals surface area contributed by atoms with E-state index >= 15 is 0 Å². The fraction of sp³-hybridized carbons (Fsp3) is 0.261. The molecule has 7 nitrogen and oxygen atoms in total. The van der Waals surface area contributed by atoms with E-state index in [4.69, 9.17) is 4.74 Å². The van der Waals surface area contributed by atoms with Crippen LogP contribution in [0.5, 0.6) is 5.75 Å². The van der Waals surface area contributed by atoms with Crippen LogP contribution in [-0.2, 0) is 9.59 Å². The molecule has 0 heterocycles. The van der Waals surface area contributed by atoms with Gasteiger partial charge in [0.2, 0.25) is 0 Å². The number of methoxy groups -OCH3 is 1. The summed E-state index contributed by atoms with van der Waals surface area (Å²) in [5, 5.41) is 16.4. The highest BCUT2D eigenvalue weighted by Crippen LogP contribution is 2.13. The summed E-state index contributed by atoms with van der Waals surface area (Å²) in [5.41, 5.74) is 0.936. The molecule has 0 aliphatic heterocycles. The molecule has 2 aromatic rings. The molecule has 30 heavy (non-hydrogen) atoms. The van der Waals surface area contributed by atoms with Gasteiger partial charge in [-0.3, -0.25) is 9.59 Å². The Morgan fingerprint density at radius 1 is 1.07 bits per heavy atom. The van der Waals surface area contributed by atoms with Crippen LogP contribution in [0, 0.1) is 0 Å². The molecule has 2 N–H and O–H groups in total. The molecule has 2 aromatic carbocycles. The second-order valence-electron chi connectivity index (χ2n) is 6.64. The van der Waals surface area contributed by atoms with Crippen molar-refractivity contribution in [1.29, 1.82) is 0 Å². The second-order valence-corrected chi connectivity index (χ2v) is 6.64. The molecule has 0 aromatic heterocycles. The average molecular weight is 409 g/mol. The van der Waals surface area contributed by atoms with Crippen LogP contribution < -0.4 is 20.5 Å². The largest absolute Gasteiger partial charge is 0.548 e. The minimum absolute atomic E-state index is 0.0650. The standard InChI is InChI=1S/C23H26N2O5/c1-3-4-10-19(23(28)29)24-22(27)20(15-16-8-6-5-7-9-16)25-21(26)17-11-13-18(30-2)14-12-17/h5-9,11-15,19H,3-4,10H2,1-2H3,(H,24,27)(H,25,26)(H,28,29)/p-1/b20-15-/t19-/m0/s1. The minimum Gasteiger partial charge on any atom is -0.548 e. The molecule has 0 aliphatic carbocycles. The molecule has 0 fully saturated rings. The maximum absolute atomic E-state index is 12.8. The summed E-state index contributed by atoms with van der Waals surface area (Å²) in [7, 11) is 1.52. The lowest BCUT2D eigenvalue weighted by atomic mass is 10.1. The quantitative estimate of drug-likeness (QED) is 0.583. The predicted molar refractivity (Wildman–Crippen MR) is 111 cm³/mol. The third-order valence-electron chi connectivity index (χ3n) is 4.39. The lowest BCUT2D eigenvalue weighted by Crippen LogP contribution is -2.49. The van der Waals surface area contributed by atoms with Gasteiger partial charge in [0.1, 0.15) is 11.4 Å². The number of ether oxygens (including phenoxy) is 1. The number of amides is 2. The van der Waals surface area contributed by atoms with Gasteiger partial charge in [0.25, 0.3) is 11.8 Å². The number of aliphatic carboxylic acids is 1. The first kappa shape index (κ1) is 22.7. The van der Waals surface area contributed by atoms with Gasteiger partial charge in [-0.15, -0.1) is 0 Å². The van der Waals surface area contributed by atoms with E-state index in [0.29, 0.717) is 23.3 Å². The van der Waals surface area contributed by atoms with Crippen LogP contribution in [0.4, 0.5) is 0 Å². The Hall–Kier alpha value is -3.61. The fourth-order valence-corrected chi connectivity index (χ4v) is 2.70. The highest BCUT2D eigenvalue weighted by atomic mass is 16.5. The second kappa shape index (κ2) is 11.4. The van der Waals surface area contributed by atoms with Crippen molar-refractivity contribution in [2.45, 2.75) is 32.2 Å². The van der Waals surface area contributed by atoms with Gasteiger partial charge in [0, 0.05) is 5.56 Å². The zero-order valence-corrected chi connectivity index (χ0v) is 17.0. The summed E-state index contributed by atoms with van der Waals surface area (Å²) in [6, 6.07) is 14.2. The van der Waals surface area contributed by atoms with Crippen LogP contribution >= 0.6 is 0 Å². The van der Waals surface area contributed by atoms with Crippen molar-refractivity contribution in [2.75, 3.05) is 7.11 Å². The first-order valence-electron chi connectivity index (χ1n) is 9.68. The Labute approximate surface area is 175 Å². The maximum Gasteiger partial charge on any atom is 0.268 e. The Balaban J connectivity index is 2.25. The monoisotopic (exact) mass is 409 g/mol. The van der Waals surface area contributed by atoms with Crippen molar-refractivity contribution >= 4 is 23.9 Å². The predicted octanol–water partition coefficient (Wildman–Crippen LogP) is 1.89. The Kier molecular flexibility index (Phi) is 8.62. The van der Waals surface area contributed by atoms with E-state index in [2.05, 4.69) is 10.6 Å². The van der Waals surface area contributed by atoms with Gasteiger partial charge in [-0.25, -0.2) is 0 Å². The number of unbranched alkanes of at least 4 members (excludes halogenated alkanes) is 1. The Morgan fingerprint density at radius 3 is 2.30 bits per heavy atom. The highest BCUT2D eigenvalue weighted by molar-refractivity contribution is 6.06. The maximum atomic E-state index is 12.8. The summed E-state index contributed by atoms with van der Waals surface area (Å²) in [6.07, 6.45) is 3.13. The van der Waals surface area contributed by atoms with E-state index in [9.17, 15) is 19.5 Å². The normalized spacial score (nSPS) is 12.0. The smallest absolute Gasteiger partial charge is 0.268 e. The van der Waals surface area contributed by atoms with Gasteiger partial charge < -0.3 is 25.3 Å². The molecule has 0 radical (unpaired) electrons. The molecule has 0 saturated heterocycles. The van der Waals surface area contributed by atoms with E-state index in [0.717, 1.165) is 6.42 Å². The number of carbonyl (C=O) groups is 3. The molecule has 7 heteroatoms. The Bertz CT molecular complexity index is 892. The number of hydrogen-bond acceptors (Lipinski definition) is 5. The van der Waals surface area contributed by atoms with Crippen LogP contribution in [0.2, 0.25) is 0 Å². The van der Waals surface area contributed by atoms with E-state index in [-0.39, 0.29) is 12.1 Å². The third kappa shape index (κ3) is 6.77. The number of nitrogens with one attached hydrogen (secondary N) is 2. The molecule has 1 atom stereocenters. The summed E-state index contributed by atoms with van der Waals surface area (Å²) in [5.74, 6) is -1.98. The number of carboxylic acids is 1.